The molecule has 0 aliphatic heterocycles. The van der Waals surface area contributed by atoms with Crippen molar-refractivity contribution in [1.29, 1.82) is 0 Å². The summed E-state index contributed by atoms with van der Waals surface area (Å²) in [7, 11) is 0. The summed E-state index contributed by atoms with van der Waals surface area (Å²) in [4.78, 5) is 30.1. The molecule has 16 heavy (non-hydrogen) atoms. The highest BCUT2D eigenvalue weighted by molar-refractivity contribution is 6.01. The fourth-order valence-corrected chi connectivity index (χ4v) is 1.42. The summed E-state index contributed by atoms with van der Waals surface area (Å²) in [6.45, 7) is 3.33. The van der Waals surface area contributed by atoms with Crippen molar-refractivity contribution in [3.63, 3.8) is 0 Å². The SMILES string of the molecule is CC(=O)CC(C)=Nc1ncnc2nc[nH]c12. The van der Waals surface area contributed by atoms with Crippen LogP contribution in [0.2, 0.25) is 0 Å². The standard InChI is InChI=1S/C10H11N5O/c1-6(3-7(2)16)15-10-8-9(12-4-11-8)13-5-14-10/h4-5H,3H2,1-2H3,(H,11,12,13,14). The van der Waals surface area contributed by atoms with Crippen molar-refractivity contribution < 1.29 is 4.79 Å². The molecule has 0 aromatic carbocycles. The van der Waals surface area contributed by atoms with E-state index >= 15 is 0 Å². The van der Waals surface area contributed by atoms with Crippen LogP contribution in [-0.2, 0) is 4.79 Å². The van der Waals surface area contributed by atoms with Crippen LogP contribution in [0.25, 0.3) is 11.2 Å². The highest BCUT2D eigenvalue weighted by atomic mass is 16.1. The summed E-state index contributed by atoms with van der Waals surface area (Å²) in [5.74, 6) is 0.595. The molecule has 0 unspecified atom stereocenters. The lowest BCUT2D eigenvalue weighted by Gasteiger charge is -1.97. The van der Waals surface area contributed by atoms with Crippen LogP contribution in [0.3, 0.4) is 0 Å². The number of Topliss-reactive ketones (excluding diaryl/α,β-unsaturated/α-hetero) is 1. The maximum absolute atomic E-state index is 10.9. The van der Waals surface area contributed by atoms with Gasteiger partial charge in [0.15, 0.2) is 11.5 Å². The molecule has 1 N–H and O–H groups in total. The highest BCUT2D eigenvalue weighted by Crippen LogP contribution is 2.18. The fraction of sp³-hybridized carbons (Fsp3) is 0.300. The van der Waals surface area contributed by atoms with Gasteiger partial charge in [-0.15, -0.1) is 0 Å². The van der Waals surface area contributed by atoms with Gasteiger partial charge in [0.05, 0.1) is 6.33 Å². The Morgan fingerprint density at radius 3 is 2.94 bits per heavy atom. The third-order valence-electron chi connectivity index (χ3n) is 2.00. The Morgan fingerprint density at radius 1 is 1.38 bits per heavy atom. The third kappa shape index (κ3) is 2.10. The van der Waals surface area contributed by atoms with Gasteiger partial charge < -0.3 is 4.98 Å². The molecule has 2 aromatic heterocycles. The molecule has 6 heteroatoms. The van der Waals surface area contributed by atoms with Gasteiger partial charge in [0.1, 0.15) is 17.6 Å². The molecule has 0 radical (unpaired) electrons. The van der Waals surface area contributed by atoms with Crippen molar-refractivity contribution in [2.75, 3.05) is 0 Å². The quantitative estimate of drug-likeness (QED) is 0.788. The van der Waals surface area contributed by atoms with Crippen LogP contribution in [0.15, 0.2) is 17.6 Å². The smallest absolute Gasteiger partial charge is 0.182 e. The Kier molecular flexibility index (Phi) is 2.72. The van der Waals surface area contributed by atoms with E-state index < -0.39 is 0 Å². The first-order valence-electron chi connectivity index (χ1n) is 4.84. The molecule has 2 rings (SSSR count). The van der Waals surface area contributed by atoms with Crippen LogP contribution < -0.4 is 0 Å². The molecule has 0 saturated carbocycles. The van der Waals surface area contributed by atoms with E-state index in [0.717, 1.165) is 5.71 Å². The number of hydrogen-bond acceptors (Lipinski definition) is 5. The summed E-state index contributed by atoms with van der Waals surface area (Å²) in [6.07, 6.45) is 3.28. The number of hydrogen-bond donors (Lipinski definition) is 1. The van der Waals surface area contributed by atoms with Gasteiger partial charge in [-0.25, -0.2) is 19.9 Å². The van der Waals surface area contributed by atoms with Gasteiger partial charge in [-0.2, -0.15) is 0 Å². The molecule has 0 atom stereocenters. The van der Waals surface area contributed by atoms with E-state index in [1.165, 1.54) is 13.3 Å². The summed E-state index contributed by atoms with van der Waals surface area (Å²) >= 11 is 0. The van der Waals surface area contributed by atoms with E-state index in [1.54, 1.807) is 13.3 Å². The number of aliphatic imine (C=N–C) groups is 1. The van der Waals surface area contributed by atoms with Gasteiger partial charge in [0, 0.05) is 12.1 Å². The van der Waals surface area contributed by atoms with Crippen LogP contribution in [0.1, 0.15) is 20.3 Å². The molecule has 82 valence electrons. The Bertz CT molecular complexity index is 557. The number of nitrogens with zero attached hydrogens (tertiary/aromatic N) is 4. The van der Waals surface area contributed by atoms with Crippen molar-refractivity contribution in [1.82, 2.24) is 19.9 Å². The molecule has 2 aromatic rings. The normalized spacial score (nSPS) is 12.0. The van der Waals surface area contributed by atoms with Gasteiger partial charge in [0.2, 0.25) is 0 Å². The Labute approximate surface area is 91.9 Å². The van der Waals surface area contributed by atoms with E-state index in [9.17, 15) is 4.79 Å². The van der Waals surface area contributed by atoms with E-state index in [0.29, 0.717) is 23.4 Å². The summed E-state index contributed by atoms with van der Waals surface area (Å²) < 4.78 is 0. The number of imidazole rings is 1. The van der Waals surface area contributed by atoms with E-state index in [4.69, 9.17) is 0 Å². The van der Waals surface area contributed by atoms with E-state index in [-0.39, 0.29) is 5.78 Å². The molecule has 2 heterocycles. The van der Waals surface area contributed by atoms with Crippen molar-refractivity contribution in [2.24, 2.45) is 4.99 Å². The molecule has 0 amide bonds. The van der Waals surface area contributed by atoms with Crippen molar-refractivity contribution in [3.8, 4) is 0 Å². The van der Waals surface area contributed by atoms with Crippen molar-refractivity contribution in [3.05, 3.63) is 12.7 Å². The number of rotatable bonds is 3. The maximum atomic E-state index is 10.9. The summed E-state index contributed by atoms with van der Waals surface area (Å²) in [5, 5.41) is 0. The maximum Gasteiger partial charge on any atom is 0.182 e. The largest absolute Gasteiger partial charge is 0.340 e. The van der Waals surface area contributed by atoms with Crippen LogP contribution in [0.5, 0.6) is 0 Å². The topological polar surface area (TPSA) is 83.9 Å². The second-order valence-corrected chi connectivity index (χ2v) is 3.52. The molecule has 0 saturated heterocycles. The first-order valence-corrected chi connectivity index (χ1v) is 4.84. The highest BCUT2D eigenvalue weighted by Gasteiger charge is 2.05. The zero-order valence-electron chi connectivity index (χ0n) is 9.06. The van der Waals surface area contributed by atoms with E-state index in [1.807, 2.05) is 0 Å². The van der Waals surface area contributed by atoms with Crippen LogP contribution >= 0.6 is 0 Å². The van der Waals surface area contributed by atoms with Crippen LogP contribution in [0.4, 0.5) is 5.82 Å². The van der Waals surface area contributed by atoms with E-state index in [2.05, 4.69) is 24.9 Å². The van der Waals surface area contributed by atoms with Gasteiger partial charge in [0.25, 0.3) is 0 Å². The molecule has 0 bridgehead atoms. The number of fused-ring (bicyclic) bond motifs is 1. The number of H-pyrrole nitrogens is 1. The molecule has 6 nitrogen and oxygen atoms in total. The lowest BCUT2D eigenvalue weighted by Crippen LogP contribution is -1.99. The molecule has 0 fully saturated rings. The van der Waals surface area contributed by atoms with Crippen LogP contribution in [-0.4, -0.2) is 31.4 Å². The predicted molar refractivity (Wildman–Crippen MR) is 59.8 cm³/mol. The molecular weight excluding hydrogens is 206 g/mol. The van der Waals surface area contributed by atoms with Gasteiger partial charge in [-0.1, -0.05) is 0 Å². The average Bonchev–Trinajstić information content (AvgIpc) is 2.65. The second-order valence-electron chi connectivity index (χ2n) is 3.52. The Hall–Kier alpha value is -2.11. The van der Waals surface area contributed by atoms with Crippen LogP contribution in [0, 0.1) is 0 Å². The number of aromatic amines is 1. The third-order valence-corrected chi connectivity index (χ3v) is 2.00. The van der Waals surface area contributed by atoms with Gasteiger partial charge in [-0.3, -0.25) is 4.79 Å². The monoisotopic (exact) mass is 217 g/mol. The zero-order valence-corrected chi connectivity index (χ0v) is 9.06. The number of carbonyl (C=O) groups is 1. The minimum atomic E-state index is 0.0798. The lowest BCUT2D eigenvalue weighted by atomic mass is 10.2. The molecular formula is C10H11N5O. The van der Waals surface area contributed by atoms with Crippen molar-refractivity contribution >= 4 is 28.5 Å². The van der Waals surface area contributed by atoms with Gasteiger partial charge in [-0.05, 0) is 13.8 Å². The summed E-state index contributed by atoms with van der Waals surface area (Å²) in [5.41, 5.74) is 1.98. The first kappa shape index (κ1) is 10.4. The minimum absolute atomic E-state index is 0.0798. The Balaban J connectivity index is 2.40. The van der Waals surface area contributed by atoms with Crippen molar-refractivity contribution in [2.45, 2.75) is 20.3 Å². The predicted octanol–water partition coefficient (Wildman–Crippen LogP) is 1.42. The molecule has 0 aliphatic rings. The number of ketones is 1. The lowest BCUT2D eigenvalue weighted by molar-refractivity contribution is -0.115. The van der Waals surface area contributed by atoms with Gasteiger partial charge >= 0.3 is 0 Å². The molecule has 0 spiro atoms. The zero-order chi connectivity index (χ0) is 11.5. The average molecular weight is 217 g/mol. The fourth-order valence-electron chi connectivity index (χ4n) is 1.42. The first-order chi connectivity index (χ1) is 7.66. The number of carbonyl (C=O) groups excluding carboxylic acids is 1. The molecule has 0 aliphatic carbocycles. The Morgan fingerprint density at radius 2 is 2.19 bits per heavy atom. The number of nitrogens with one attached hydrogen (secondary N) is 1. The second kappa shape index (κ2) is 4.18. The summed E-state index contributed by atoms with van der Waals surface area (Å²) in [6, 6.07) is 0. The minimum Gasteiger partial charge on any atom is -0.340 e. The number of aromatic nitrogens is 4.